The number of carbonyl (C=O) groups is 1. The molecule has 0 aromatic carbocycles. The zero-order chi connectivity index (χ0) is 14.8. The number of nitrogens with one attached hydrogen (secondary N) is 1. The van der Waals surface area contributed by atoms with Crippen LogP contribution in [0.4, 0.5) is 0 Å². The minimum atomic E-state index is -0.288. The molecule has 1 atom stereocenters. The average Bonchev–Trinajstić information content (AvgIpc) is 3.00. The molecule has 3 heterocycles. The maximum absolute atomic E-state index is 12.3. The molecule has 0 bridgehead atoms. The van der Waals surface area contributed by atoms with Crippen molar-refractivity contribution >= 4 is 5.91 Å². The number of carbonyl (C=O) groups excluding carboxylic acids is 1. The molecule has 7 heteroatoms. The van der Waals surface area contributed by atoms with Gasteiger partial charge in [-0.15, -0.1) is 0 Å². The molecule has 0 spiro atoms. The van der Waals surface area contributed by atoms with Crippen LogP contribution >= 0.6 is 0 Å². The lowest BCUT2D eigenvalue weighted by molar-refractivity contribution is -0.0271. The number of amides is 1. The van der Waals surface area contributed by atoms with E-state index in [1.165, 1.54) is 0 Å². The van der Waals surface area contributed by atoms with E-state index in [1.54, 1.807) is 17.2 Å². The van der Waals surface area contributed by atoms with Gasteiger partial charge in [0.15, 0.2) is 5.82 Å². The Hall–Kier alpha value is -2.28. The van der Waals surface area contributed by atoms with Gasteiger partial charge >= 0.3 is 0 Å². The molecule has 1 saturated heterocycles. The van der Waals surface area contributed by atoms with Crippen LogP contribution in [0.25, 0.3) is 0 Å². The molecule has 1 N–H and O–H groups in total. The Kier molecular flexibility index (Phi) is 3.66. The predicted molar refractivity (Wildman–Crippen MR) is 74.7 cm³/mol. The molecule has 0 radical (unpaired) electrons. The van der Waals surface area contributed by atoms with Crippen molar-refractivity contribution in [1.29, 1.82) is 0 Å². The van der Waals surface area contributed by atoms with Gasteiger partial charge in [0.1, 0.15) is 11.8 Å². The molecule has 1 aliphatic rings. The topological polar surface area (TPSA) is 84.0 Å². The number of rotatable bonds is 2. The first-order valence-electron chi connectivity index (χ1n) is 6.86. The second-order valence-electron chi connectivity index (χ2n) is 5.09. The lowest BCUT2D eigenvalue weighted by atomic mass is 10.2. The fraction of sp³-hybridized carbons (Fsp3) is 0.429. The van der Waals surface area contributed by atoms with E-state index in [-0.39, 0.29) is 12.0 Å². The first-order valence-corrected chi connectivity index (χ1v) is 6.86. The minimum Gasteiger partial charge on any atom is -0.367 e. The zero-order valence-corrected chi connectivity index (χ0v) is 12.0. The van der Waals surface area contributed by atoms with Gasteiger partial charge in [0.25, 0.3) is 5.91 Å². The van der Waals surface area contributed by atoms with E-state index < -0.39 is 0 Å². The van der Waals surface area contributed by atoms with Crippen molar-refractivity contribution in [2.75, 3.05) is 19.7 Å². The van der Waals surface area contributed by atoms with Gasteiger partial charge < -0.3 is 9.64 Å². The number of hydrogen-bond donors (Lipinski definition) is 1. The lowest BCUT2D eigenvalue weighted by Gasteiger charge is -2.32. The highest BCUT2D eigenvalue weighted by molar-refractivity contribution is 5.92. The summed E-state index contributed by atoms with van der Waals surface area (Å²) in [4.78, 5) is 22.9. The molecule has 110 valence electrons. The second-order valence-corrected chi connectivity index (χ2v) is 5.09. The van der Waals surface area contributed by atoms with Crippen molar-refractivity contribution in [1.82, 2.24) is 25.1 Å². The highest BCUT2D eigenvalue weighted by Gasteiger charge is 2.28. The zero-order valence-electron chi connectivity index (χ0n) is 12.0. The molecule has 0 saturated carbocycles. The summed E-state index contributed by atoms with van der Waals surface area (Å²) in [5, 5.41) is 6.50. The highest BCUT2D eigenvalue weighted by atomic mass is 16.5. The first-order chi connectivity index (χ1) is 10.1. The quantitative estimate of drug-likeness (QED) is 0.892. The van der Waals surface area contributed by atoms with E-state index in [4.69, 9.17) is 4.74 Å². The van der Waals surface area contributed by atoms with Crippen LogP contribution in [0.1, 0.15) is 33.8 Å². The van der Waals surface area contributed by atoms with Crippen molar-refractivity contribution in [2.45, 2.75) is 20.0 Å². The van der Waals surface area contributed by atoms with Crippen LogP contribution in [0.15, 0.2) is 18.3 Å². The Morgan fingerprint density at radius 1 is 1.38 bits per heavy atom. The Balaban J connectivity index is 1.78. The lowest BCUT2D eigenvalue weighted by Crippen LogP contribution is -2.42. The van der Waals surface area contributed by atoms with Crippen LogP contribution in [0.2, 0.25) is 0 Å². The summed E-state index contributed by atoms with van der Waals surface area (Å²) in [6.45, 7) is 5.32. The van der Waals surface area contributed by atoms with Crippen LogP contribution in [-0.2, 0) is 4.74 Å². The van der Waals surface area contributed by atoms with E-state index in [1.807, 2.05) is 19.9 Å². The largest absolute Gasteiger partial charge is 0.367 e. The summed E-state index contributed by atoms with van der Waals surface area (Å²) in [7, 11) is 0. The minimum absolute atomic E-state index is 0.0785. The van der Waals surface area contributed by atoms with E-state index >= 15 is 0 Å². The molecule has 1 fully saturated rings. The summed E-state index contributed by atoms with van der Waals surface area (Å²) < 4.78 is 5.73. The first kappa shape index (κ1) is 13.7. The van der Waals surface area contributed by atoms with Gasteiger partial charge in [-0.05, 0) is 26.0 Å². The van der Waals surface area contributed by atoms with Crippen molar-refractivity contribution < 1.29 is 9.53 Å². The van der Waals surface area contributed by atoms with Gasteiger partial charge in [-0.25, -0.2) is 9.97 Å². The number of morpholine rings is 1. The molecule has 0 aliphatic carbocycles. The van der Waals surface area contributed by atoms with Gasteiger partial charge in [-0.1, -0.05) is 0 Å². The van der Waals surface area contributed by atoms with Crippen molar-refractivity contribution in [3.63, 3.8) is 0 Å². The standard InChI is InChI=1S/C14H17N5O2/c1-9-7-10(2)17-13(16-9)12-8-19(5-6-21-12)14(20)11-3-4-15-18-11/h3-4,7,12H,5-6,8H2,1-2H3,(H,15,18)/t12-/m0/s1. The summed E-state index contributed by atoms with van der Waals surface area (Å²) in [6, 6.07) is 3.58. The monoisotopic (exact) mass is 287 g/mol. The number of ether oxygens (including phenoxy) is 1. The Bertz CT molecular complexity index is 621. The molecule has 0 unspecified atom stereocenters. The van der Waals surface area contributed by atoms with Crippen molar-refractivity contribution in [2.24, 2.45) is 0 Å². The molecule has 1 aliphatic heterocycles. The fourth-order valence-electron chi connectivity index (χ4n) is 2.43. The highest BCUT2D eigenvalue weighted by Crippen LogP contribution is 2.20. The Labute approximate surface area is 122 Å². The van der Waals surface area contributed by atoms with Crippen molar-refractivity contribution in [3.05, 3.63) is 41.2 Å². The molecular weight excluding hydrogens is 270 g/mol. The molecule has 2 aromatic heterocycles. The third-order valence-corrected chi connectivity index (χ3v) is 3.37. The predicted octanol–water partition coefficient (Wildman–Crippen LogP) is 1.03. The average molecular weight is 287 g/mol. The smallest absolute Gasteiger partial charge is 0.272 e. The summed E-state index contributed by atoms with van der Waals surface area (Å²) >= 11 is 0. The molecule has 3 rings (SSSR count). The molecule has 1 amide bonds. The van der Waals surface area contributed by atoms with E-state index in [0.717, 1.165) is 11.4 Å². The summed E-state index contributed by atoms with van der Waals surface area (Å²) in [5.74, 6) is 0.555. The molecule has 7 nitrogen and oxygen atoms in total. The van der Waals surface area contributed by atoms with Crippen LogP contribution in [0, 0.1) is 13.8 Å². The second kappa shape index (κ2) is 5.61. The van der Waals surface area contributed by atoms with Crippen LogP contribution in [-0.4, -0.2) is 50.7 Å². The van der Waals surface area contributed by atoms with E-state index in [0.29, 0.717) is 31.2 Å². The van der Waals surface area contributed by atoms with Crippen molar-refractivity contribution in [3.8, 4) is 0 Å². The number of aryl methyl sites for hydroxylation is 2. The van der Waals surface area contributed by atoms with E-state index in [2.05, 4.69) is 20.2 Å². The fourth-order valence-corrected chi connectivity index (χ4v) is 2.43. The number of nitrogens with zero attached hydrogens (tertiary/aromatic N) is 4. The van der Waals surface area contributed by atoms with Gasteiger partial charge in [0.05, 0.1) is 13.2 Å². The summed E-state index contributed by atoms with van der Waals surface area (Å²) in [6.07, 6.45) is 1.28. The van der Waals surface area contributed by atoms with Gasteiger partial charge in [-0.2, -0.15) is 5.10 Å². The number of hydrogen-bond acceptors (Lipinski definition) is 5. The van der Waals surface area contributed by atoms with Gasteiger partial charge in [0, 0.05) is 24.1 Å². The maximum atomic E-state index is 12.3. The number of H-pyrrole nitrogens is 1. The SMILES string of the molecule is Cc1cc(C)nc([C@@H]2CN(C(=O)c3ccn[nH]3)CCO2)n1. The Morgan fingerprint density at radius 3 is 2.81 bits per heavy atom. The molecular formula is C14H17N5O2. The number of aromatic amines is 1. The summed E-state index contributed by atoms with van der Waals surface area (Å²) in [5.41, 5.74) is 2.29. The normalized spacial score (nSPS) is 18.8. The van der Waals surface area contributed by atoms with Crippen LogP contribution < -0.4 is 0 Å². The third kappa shape index (κ3) is 2.92. The van der Waals surface area contributed by atoms with Crippen LogP contribution in [0.5, 0.6) is 0 Å². The van der Waals surface area contributed by atoms with Gasteiger partial charge in [-0.3, -0.25) is 9.89 Å². The maximum Gasteiger partial charge on any atom is 0.272 e. The molecule has 21 heavy (non-hydrogen) atoms. The molecule has 2 aromatic rings. The Morgan fingerprint density at radius 2 is 2.14 bits per heavy atom. The van der Waals surface area contributed by atoms with E-state index in [9.17, 15) is 4.79 Å². The third-order valence-electron chi connectivity index (χ3n) is 3.37. The van der Waals surface area contributed by atoms with Gasteiger partial charge in [0.2, 0.25) is 0 Å². The number of aromatic nitrogens is 4. The van der Waals surface area contributed by atoms with Crippen LogP contribution in [0.3, 0.4) is 0 Å².